The zero-order valence-corrected chi connectivity index (χ0v) is 10.1. The lowest BCUT2D eigenvalue weighted by Gasteiger charge is -2.34. The number of benzene rings is 1. The number of hydrogen-bond donors (Lipinski definition) is 1. The predicted octanol–water partition coefficient (Wildman–Crippen LogP) is 1.66. The molecule has 1 saturated heterocycles. The molecule has 88 valence electrons. The fourth-order valence-electron chi connectivity index (χ4n) is 2.20. The lowest BCUT2D eigenvalue weighted by molar-refractivity contribution is 0.196. The second kappa shape index (κ2) is 5.32. The van der Waals surface area contributed by atoms with Crippen LogP contribution in [0.1, 0.15) is 18.5 Å². The minimum absolute atomic E-state index is 0.427. The Morgan fingerprint density at radius 2 is 2.25 bits per heavy atom. The van der Waals surface area contributed by atoms with Crippen molar-refractivity contribution >= 4 is 0 Å². The maximum absolute atomic E-state index is 5.68. The minimum Gasteiger partial charge on any atom is -0.494 e. The van der Waals surface area contributed by atoms with Crippen molar-refractivity contribution in [3.05, 3.63) is 29.8 Å². The van der Waals surface area contributed by atoms with E-state index in [9.17, 15) is 0 Å². The van der Waals surface area contributed by atoms with Gasteiger partial charge in [-0.05, 0) is 20.0 Å². The number of hydrogen-bond acceptors (Lipinski definition) is 3. The van der Waals surface area contributed by atoms with Gasteiger partial charge in [0.15, 0.2) is 0 Å². The summed E-state index contributed by atoms with van der Waals surface area (Å²) in [5.74, 6) is 1.02. The van der Waals surface area contributed by atoms with Crippen molar-refractivity contribution in [3.8, 4) is 5.75 Å². The number of piperazine rings is 1. The quantitative estimate of drug-likeness (QED) is 0.838. The lowest BCUT2D eigenvalue weighted by atomic mass is 10.0. The van der Waals surface area contributed by atoms with Crippen molar-refractivity contribution in [2.24, 2.45) is 0 Å². The first kappa shape index (κ1) is 11.4. The Bertz CT molecular complexity index is 340. The molecule has 1 atom stereocenters. The third-order valence-electron chi connectivity index (χ3n) is 3.09. The van der Waals surface area contributed by atoms with Crippen LogP contribution in [-0.2, 0) is 0 Å². The molecule has 3 heteroatoms. The molecule has 0 bridgehead atoms. The van der Waals surface area contributed by atoms with Gasteiger partial charge in [-0.2, -0.15) is 0 Å². The van der Waals surface area contributed by atoms with Gasteiger partial charge in [-0.15, -0.1) is 0 Å². The molecule has 1 heterocycles. The van der Waals surface area contributed by atoms with Gasteiger partial charge in [0.25, 0.3) is 0 Å². The van der Waals surface area contributed by atoms with Gasteiger partial charge in [-0.25, -0.2) is 0 Å². The van der Waals surface area contributed by atoms with Gasteiger partial charge in [-0.1, -0.05) is 18.2 Å². The highest BCUT2D eigenvalue weighted by molar-refractivity contribution is 5.36. The van der Waals surface area contributed by atoms with E-state index in [1.807, 2.05) is 13.0 Å². The van der Waals surface area contributed by atoms with E-state index in [0.29, 0.717) is 6.04 Å². The molecular formula is C13H20N2O. The highest BCUT2D eigenvalue weighted by Gasteiger charge is 2.22. The van der Waals surface area contributed by atoms with Gasteiger partial charge in [0.2, 0.25) is 0 Å². The van der Waals surface area contributed by atoms with E-state index in [1.165, 1.54) is 5.56 Å². The molecule has 1 unspecified atom stereocenters. The molecule has 0 aromatic heterocycles. The van der Waals surface area contributed by atoms with Crippen molar-refractivity contribution in [2.45, 2.75) is 13.0 Å². The second-order valence-corrected chi connectivity index (χ2v) is 4.17. The molecular weight excluding hydrogens is 200 g/mol. The molecule has 0 radical (unpaired) electrons. The molecule has 1 aliphatic rings. The molecule has 1 N–H and O–H groups in total. The Kier molecular flexibility index (Phi) is 3.80. The average Bonchev–Trinajstić information content (AvgIpc) is 2.31. The van der Waals surface area contributed by atoms with E-state index in [0.717, 1.165) is 32.0 Å². The molecule has 16 heavy (non-hydrogen) atoms. The van der Waals surface area contributed by atoms with Crippen LogP contribution in [0.4, 0.5) is 0 Å². The summed E-state index contributed by atoms with van der Waals surface area (Å²) in [6.45, 7) is 5.91. The SMILES string of the molecule is CCOc1ccccc1C1CNCCN1C. The van der Waals surface area contributed by atoms with E-state index in [4.69, 9.17) is 4.74 Å². The molecule has 0 spiro atoms. The zero-order valence-electron chi connectivity index (χ0n) is 10.1. The van der Waals surface area contributed by atoms with E-state index in [1.54, 1.807) is 0 Å². The third-order valence-corrected chi connectivity index (χ3v) is 3.09. The predicted molar refractivity (Wildman–Crippen MR) is 65.9 cm³/mol. The zero-order chi connectivity index (χ0) is 11.4. The molecule has 3 nitrogen and oxygen atoms in total. The molecule has 0 aliphatic carbocycles. The highest BCUT2D eigenvalue weighted by Crippen LogP contribution is 2.29. The molecule has 0 amide bonds. The Morgan fingerprint density at radius 3 is 3.00 bits per heavy atom. The Hall–Kier alpha value is -1.06. The number of para-hydroxylation sites is 1. The maximum atomic E-state index is 5.68. The second-order valence-electron chi connectivity index (χ2n) is 4.17. The van der Waals surface area contributed by atoms with E-state index in [-0.39, 0.29) is 0 Å². The Morgan fingerprint density at radius 1 is 1.44 bits per heavy atom. The summed E-state index contributed by atoms with van der Waals surface area (Å²) >= 11 is 0. The van der Waals surface area contributed by atoms with Crippen LogP contribution < -0.4 is 10.1 Å². The number of ether oxygens (including phenoxy) is 1. The Labute approximate surface area is 97.4 Å². The van der Waals surface area contributed by atoms with Gasteiger partial charge in [0.05, 0.1) is 12.6 Å². The van der Waals surface area contributed by atoms with Crippen LogP contribution in [0.2, 0.25) is 0 Å². The van der Waals surface area contributed by atoms with Crippen LogP contribution in [0, 0.1) is 0 Å². The van der Waals surface area contributed by atoms with Crippen molar-refractivity contribution in [2.75, 3.05) is 33.3 Å². The summed E-state index contributed by atoms with van der Waals surface area (Å²) < 4.78 is 5.68. The molecule has 1 aromatic rings. The fourth-order valence-corrected chi connectivity index (χ4v) is 2.20. The van der Waals surface area contributed by atoms with Crippen molar-refractivity contribution in [1.29, 1.82) is 0 Å². The van der Waals surface area contributed by atoms with Crippen molar-refractivity contribution in [1.82, 2.24) is 10.2 Å². The van der Waals surface area contributed by atoms with Crippen LogP contribution >= 0.6 is 0 Å². The first-order chi connectivity index (χ1) is 7.83. The smallest absolute Gasteiger partial charge is 0.124 e. The fraction of sp³-hybridized carbons (Fsp3) is 0.538. The third kappa shape index (κ3) is 2.36. The van der Waals surface area contributed by atoms with Gasteiger partial charge in [0, 0.05) is 25.2 Å². The maximum Gasteiger partial charge on any atom is 0.124 e. The first-order valence-corrected chi connectivity index (χ1v) is 5.95. The summed E-state index contributed by atoms with van der Waals surface area (Å²) in [4.78, 5) is 2.38. The Balaban J connectivity index is 2.23. The largest absolute Gasteiger partial charge is 0.494 e. The van der Waals surface area contributed by atoms with Crippen LogP contribution in [-0.4, -0.2) is 38.2 Å². The molecule has 1 aromatic carbocycles. The standard InChI is InChI=1S/C13H20N2O/c1-3-16-13-7-5-4-6-11(13)12-10-14-8-9-15(12)2/h4-7,12,14H,3,8-10H2,1-2H3. The molecule has 1 aliphatic heterocycles. The highest BCUT2D eigenvalue weighted by atomic mass is 16.5. The summed E-state index contributed by atoms with van der Waals surface area (Å²) in [6, 6.07) is 8.77. The number of nitrogens with one attached hydrogen (secondary N) is 1. The van der Waals surface area contributed by atoms with Crippen LogP contribution in [0.3, 0.4) is 0 Å². The van der Waals surface area contributed by atoms with Gasteiger partial charge in [-0.3, -0.25) is 4.90 Å². The number of nitrogens with zero attached hydrogens (tertiary/aromatic N) is 1. The monoisotopic (exact) mass is 220 g/mol. The van der Waals surface area contributed by atoms with Crippen LogP contribution in [0.25, 0.3) is 0 Å². The van der Waals surface area contributed by atoms with Crippen molar-refractivity contribution < 1.29 is 4.74 Å². The first-order valence-electron chi connectivity index (χ1n) is 5.95. The number of rotatable bonds is 3. The molecule has 0 saturated carbocycles. The topological polar surface area (TPSA) is 24.5 Å². The average molecular weight is 220 g/mol. The van der Waals surface area contributed by atoms with E-state index < -0.39 is 0 Å². The summed E-state index contributed by atoms with van der Waals surface area (Å²) in [5, 5.41) is 3.44. The number of likely N-dealkylation sites (N-methyl/N-ethyl adjacent to an activating group) is 1. The molecule has 2 rings (SSSR count). The summed E-state index contributed by atoms with van der Waals surface area (Å²) in [5.41, 5.74) is 1.29. The summed E-state index contributed by atoms with van der Waals surface area (Å²) in [7, 11) is 2.17. The normalized spacial score (nSPS) is 22.0. The van der Waals surface area contributed by atoms with E-state index in [2.05, 4.69) is 35.5 Å². The van der Waals surface area contributed by atoms with Gasteiger partial charge < -0.3 is 10.1 Å². The van der Waals surface area contributed by atoms with Gasteiger partial charge >= 0.3 is 0 Å². The van der Waals surface area contributed by atoms with Crippen LogP contribution in [0.5, 0.6) is 5.75 Å². The summed E-state index contributed by atoms with van der Waals surface area (Å²) in [6.07, 6.45) is 0. The molecule has 1 fully saturated rings. The van der Waals surface area contributed by atoms with Gasteiger partial charge in [0.1, 0.15) is 5.75 Å². The van der Waals surface area contributed by atoms with E-state index >= 15 is 0 Å². The van der Waals surface area contributed by atoms with Crippen molar-refractivity contribution in [3.63, 3.8) is 0 Å². The lowest BCUT2D eigenvalue weighted by Crippen LogP contribution is -2.43. The van der Waals surface area contributed by atoms with Crippen LogP contribution in [0.15, 0.2) is 24.3 Å². The minimum atomic E-state index is 0.427.